The Hall–Kier alpha value is -2.70. The van der Waals surface area contributed by atoms with Gasteiger partial charge in [-0.25, -0.2) is 0 Å². The first-order valence-corrected chi connectivity index (χ1v) is 9.13. The summed E-state index contributed by atoms with van der Waals surface area (Å²) in [5.74, 6) is -1.10. The van der Waals surface area contributed by atoms with Crippen LogP contribution in [0.4, 0.5) is 5.69 Å². The number of amides is 3. The molecule has 1 aromatic rings. The third-order valence-corrected chi connectivity index (χ3v) is 4.51. The molecule has 1 aliphatic heterocycles. The minimum Gasteiger partial charge on any atom is -0.424 e. The highest BCUT2D eigenvalue weighted by atomic mass is 16.5. The normalized spacial score (nSPS) is 16.8. The number of hydrogen-bond donors (Lipinski definition) is 0. The molecule has 0 N–H and O–H groups in total. The van der Waals surface area contributed by atoms with Crippen molar-refractivity contribution >= 4 is 29.4 Å². The summed E-state index contributed by atoms with van der Waals surface area (Å²) in [4.78, 5) is 50.7. The molecule has 0 bridgehead atoms. The first-order chi connectivity index (χ1) is 12.7. The van der Waals surface area contributed by atoms with Gasteiger partial charge in [-0.15, -0.1) is 0 Å². The number of imide groups is 1. The van der Waals surface area contributed by atoms with Crippen LogP contribution in [0.3, 0.4) is 0 Å². The van der Waals surface area contributed by atoms with Gasteiger partial charge in [0.2, 0.25) is 17.7 Å². The first kappa shape index (κ1) is 20.6. The van der Waals surface area contributed by atoms with Crippen LogP contribution in [0, 0.1) is 11.8 Å². The van der Waals surface area contributed by atoms with Crippen molar-refractivity contribution in [1.29, 1.82) is 0 Å². The Morgan fingerprint density at radius 3 is 2.52 bits per heavy atom. The summed E-state index contributed by atoms with van der Waals surface area (Å²) >= 11 is 0. The van der Waals surface area contributed by atoms with E-state index < -0.39 is 5.97 Å². The molecule has 3 amide bonds. The number of likely N-dealkylation sites (tertiary alicyclic amines) is 1. The van der Waals surface area contributed by atoms with Crippen LogP contribution < -0.4 is 9.64 Å². The Labute approximate surface area is 159 Å². The largest absolute Gasteiger partial charge is 0.424 e. The van der Waals surface area contributed by atoms with E-state index in [1.165, 1.54) is 9.80 Å². The zero-order valence-electron chi connectivity index (χ0n) is 16.2. The lowest BCUT2D eigenvalue weighted by atomic mass is 10.1. The van der Waals surface area contributed by atoms with Crippen molar-refractivity contribution in [2.75, 3.05) is 18.5 Å². The van der Waals surface area contributed by atoms with Crippen LogP contribution in [0.5, 0.6) is 5.75 Å². The topological polar surface area (TPSA) is 84.0 Å². The molecule has 7 nitrogen and oxygen atoms in total. The van der Waals surface area contributed by atoms with Gasteiger partial charge in [-0.05, 0) is 18.6 Å². The summed E-state index contributed by atoms with van der Waals surface area (Å²) in [6, 6.07) is 6.84. The Bertz CT molecular complexity index is 744. The van der Waals surface area contributed by atoms with Gasteiger partial charge < -0.3 is 9.64 Å². The number of carbonyl (C=O) groups is 4. The van der Waals surface area contributed by atoms with E-state index in [1.807, 2.05) is 0 Å². The molecule has 0 radical (unpaired) electrons. The summed E-state index contributed by atoms with van der Waals surface area (Å²) in [5, 5.41) is 0. The molecule has 1 heterocycles. The molecule has 27 heavy (non-hydrogen) atoms. The molecule has 1 fully saturated rings. The van der Waals surface area contributed by atoms with Crippen molar-refractivity contribution in [2.24, 2.45) is 11.8 Å². The van der Waals surface area contributed by atoms with Crippen LogP contribution in [-0.4, -0.2) is 42.2 Å². The Morgan fingerprint density at radius 2 is 1.93 bits per heavy atom. The summed E-state index contributed by atoms with van der Waals surface area (Å²) < 4.78 is 5.41. The molecule has 1 aliphatic rings. The molecule has 0 aliphatic carbocycles. The van der Waals surface area contributed by atoms with Crippen LogP contribution in [0.15, 0.2) is 24.3 Å². The molecule has 2 rings (SSSR count). The molecular weight excluding hydrogens is 348 g/mol. The highest BCUT2D eigenvalue weighted by Gasteiger charge is 2.35. The van der Waals surface area contributed by atoms with Crippen LogP contribution >= 0.6 is 0 Å². The maximum absolute atomic E-state index is 12.2. The quantitative estimate of drug-likeness (QED) is 0.416. The van der Waals surface area contributed by atoms with Gasteiger partial charge in [0.05, 0.1) is 5.69 Å². The molecule has 1 atom stereocenters. The monoisotopic (exact) mass is 374 g/mol. The van der Waals surface area contributed by atoms with Crippen LogP contribution in [0.25, 0.3) is 0 Å². The second-order valence-corrected chi connectivity index (χ2v) is 7.09. The number of para-hydroxylation sites is 2. The fourth-order valence-corrected chi connectivity index (χ4v) is 2.97. The molecule has 146 valence electrons. The van der Waals surface area contributed by atoms with E-state index in [9.17, 15) is 19.2 Å². The van der Waals surface area contributed by atoms with Gasteiger partial charge in [-0.3, -0.25) is 24.1 Å². The molecule has 0 saturated carbocycles. The van der Waals surface area contributed by atoms with E-state index >= 15 is 0 Å². The maximum atomic E-state index is 12.2. The van der Waals surface area contributed by atoms with E-state index in [2.05, 4.69) is 0 Å². The van der Waals surface area contributed by atoms with Gasteiger partial charge in [0.1, 0.15) is 0 Å². The summed E-state index contributed by atoms with van der Waals surface area (Å²) in [6.45, 7) is 5.54. The molecule has 0 spiro atoms. The minimum absolute atomic E-state index is 0.0710. The number of rotatable bonds is 7. The predicted molar refractivity (Wildman–Crippen MR) is 100 cm³/mol. The summed E-state index contributed by atoms with van der Waals surface area (Å²) in [7, 11) is 1.64. The van der Waals surface area contributed by atoms with Gasteiger partial charge in [0.25, 0.3) is 0 Å². The molecule has 0 aromatic heterocycles. The lowest BCUT2D eigenvalue weighted by Gasteiger charge is -2.22. The van der Waals surface area contributed by atoms with Crippen molar-refractivity contribution in [3.8, 4) is 5.75 Å². The number of benzene rings is 1. The van der Waals surface area contributed by atoms with Crippen LogP contribution in [0.2, 0.25) is 0 Å². The molecule has 1 unspecified atom stereocenters. The smallest absolute Gasteiger partial charge is 0.311 e. The van der Waals surface area contributed by atoms with Gasteiger partial charge in [0, 0.05) is 38.3 Å². The zero-order chi connectivity index (χ0) is 20.1. The van der Waals surface area contributed by atoms with Crippen molar-refractivity contribution in [3.05, 3.63) is 24.3 Å². The second kappa shape index (κ2) is 8.79. The highest BCUT2D eigenvalue weighted by Crippen LogP contribution is 2.28. The fraction of sp³-hybridized carbons (Fsp3) is 0.500. The number of anilines is 1. The number of hydrogen-bond acceptors (Lipinski definition) is 5. The van der Waals surface area contributed by atoms with E-state index in [0.717, 1.165) is 0 Å². The Balaban J connectivity index is 1.94. The van der Waals surface area contributed by atoms with Gasteiger partial charge in [-0.1, -0.05) is 32.9 Å². The van der Waals surface area contributed by atoms with E-state index in [-0.39, 0.29) is 48.9 Å². The standard InChI is InChI=1S/C20H26N2O5/c1-13(2)19(25)21(4)15-8-5-6-9-16(15)27-18(24)10-7-11-22-17(23)12-14(3)20(22)26/h5-6,8-9,13-14H,7,10-12H2,1-4H3. The average molecular weight is 374 g/mol. The highest BCUT2D eigenvalue weighted by molar-refractivity contribution is 6.03. The van der Waals surface area contributed by atoms with E-state index in [0.29, 0.717) is 17.9 Å². The predicted octanol–water partition coefficient (Wildman–Crippen LogP) is 2.39. The number of carbonyl (C=O) groups excluding carboxylic acids is 4. The lowest BCUT2D eigenvalue weighted by Crippen LogP contribution is -2.32. The number of esters is 1. The molecular formula is C20H26N2O5. The van der Waals surface area contributed by atoms with Crippen molar-refractivity contribution in [1.82, 2.24) is 4.90 Å². The summed E-state index contributed by atoms with van der Waals surface area (Å²) in [6.07, 6.45) is 0.639. The van der Waals surface area contributed by atoms with Crippen molar-refractivity contribution < 1.29 is 23.9 Å². The third-order valence-electron chi connectivity index (χ3n) is 4.51. The number of nitrogens with zero attached hydrogens (tertiary/aromatic N) is 2. The average Bonchev–Trinajstić information content (AvgIpc) is 2.86. The van der Waals surface area contributed by atoms with Gasteiger partial charge in [-0.2, -0.15) is 0 Å². The van der Waals surface area contributed by atoms with Crippen molar-refractivity contribution in [2.45, 2.75) is 40.0 Å². The SMILES string of the molecule is CC(C)C(=O)N(C)c1ccccc1OC(=O)CCCN1C(=O)CC(C)C1=O. The molecule has 1 aromatic carbocycles. The van der Waals surface area contributed by atoms with Crippen LogP contribution in [-0.2, 0) is 19.2 Å². The van der Waals surface area contributed by atoms with Gasteiger partial charge in [0.15, 0.2) is 5.75 Å². The fourth-order valence-electron chi connectivity index (χ4n) is 2.97. The van der Waals surface area contributed by atoms with E-state index in [1.54, 1.807) is 52.1 Å². The Kier molecular flexibility index (Phi) is 6.71. The molecule has 7 heteroatoms. The van der Waals surface area contributed by atoms with Gasteiger partial charge >= 0.3 is 5.97 Å². The van der Waals surface area contributed by atoms with E-state index in [4.69, 9.17) is 4.74 Å². The third kappa shape index (κ3) is 4.93. The summed E-state index contributed by atoms with van der Waals surface area (Å²) in [5.41, 5.74) is 0.517. The maximum Gasteiger partial charge on any atom is 0.311 e. The Morgan fingerprint density at radius 1 is 1.26 bits per heavy atom. The van der Waals surface area contributed by atoms with Crippen LogP contribution in [0.1, 0.15) is 40.0 Å². The first-order valence-electron chi connectivity index (χ1n) is 9.13. The second-order valence-electron chi connectivity index (χ2n) is 7.09. The van der Waals surface area contributed by atoms with Crippen molar-refractivity contribution in [3.63, 3.8) is 0 Å². The molecule has 1 saturated heterocycles. The number of ether oxygens (including phenoxy) is 1. The zero-order valence-corrected chi connectivity index (χ0v) is 16.2. The minimum atomic E-state index is -0.472. The lowest BCUT2D eigenvalue weighted by molar-refractivity contribution is -0.140.